The van der Waals surface area contributed by atoms with E-state index in [-0.39, 0.29) is 5.92 Å². The Bertz CT molecular complexity index is 597. The quantitative estimate of drug-likeness (QED) is 0.788. The van der Waals surface area contributed by atoms with E-state index in [9.17, 15) is 8.42 Å². The van der Waals surface area contributed by atoms with Crippen molar-refractivity contribution >= 4 is 9.84 Å². The molecular weight excluding hydrogens is 256 g/mol. The third kappa shape index (κ3) is 2.81. The van der Waals surface area contributed by atoms with Gasteiger partial charge in [-0.3, -0.25) is 0 Å². The average molecular weight is 276 g/mol. The van der Waals surface area contributed by atoms with Crippen LogP contribution in [0.2, 0.25) is 0 Å². The highest BCUT2D eigenvalue weighted by atomic mass is 32.2. The summed E-state index contributed by atoms with van der Waals surface area (Å²) >= 11 is 0. The molecule has 0 amide bonds. The van der Waals surface area contributed by atoms with Crippen LogP contribution in [0.4, 0.5) is 0 Å². The number of hydrogen-bond donors (Lipinski definition) is 0. The van der Waals surface area contributed by atoms with Crippen molar-refractivity contribution in [3.63, 3.8) is 0 Å². The van der Waals surface area contributed by atoms with E-state index >= 15 is 0 Å². The lowest BCUT2D eigenvalue weighted by atomic mass is 9.86. The van der Waals surface area contributed by atoms with E-state index in [1.165, 1.54) is 0 Å². The van der Waals surface area contributed by atoms with Gasteiger partial charge in [0.25, 0.3) is 0 Å². The molecule has 1 aliphatic rings. The first-order valence-electron chi connectivity index (χ1n) is 6.54. The van der Waals surface area contributed by atoms with Gasteiger partial charge in [-0.05, 0) is 44.7 Å². The molecule has 0 aromatic heterocycles. The maximum absolute atomic E-state index is 12.7. The topological polar surface area (TPSA) is 34.1 Å². The average Bonchev–Trinajstić information content (AvgIpc) is 2.39. The Morgan fingerprint density at radius 3 is 2.47 bits per heavy atom. The number of rotatable bonds is 3. The van der Waals surface area contributed by atoms with Gasteiger partial charge in [-0.15, -0.1) is 0 Å². The van der Waals surface area contributed by atoms with Crippen LogP contribution in [0.5, 0.6) is 0 Å². The Kier molecular flexibility index (Phi) is 3.95. The molecule has 1 aromatic carbocycles. The molecule has 0 unspecified atom stereocenters. The zero-order valence-electron chi connectivity index (χ0n) is 11.5. The molecule has 0 aliphatic heterocycles. The van der Waals surface area contributed by atoms with Gasteiger partial charge >= 0.3 is 0 Å². The van der Waals surface area contributed by atoms with Crippen molar-refractivity contribution in [3.05, 3.63) is 54.1 Å². The van der Waals surface area contributed by atoms with Crippen LogP contribution in [0.3, 0.4) is 0 Å². The van der Waals surface area contributed by atoms with E-state index in [1.807, 2.05) is 26.0 Å². The summed E-state index contributed by atoms with van der Waals surface area (Å²) in [4.78, 5) is 0.412. The van der Waals surface area contributed by atoms with E-state index in [4.69, 9.17) is 0 Å². The SMILES string of the molecule is C=C(C)[C@@H]1CC=C(C)[C@@H](S(=O)(=O)c2ccccc2)C1. The Morgan fingerprint density at radius 2 is 1.89 bits per heavy atom. The molecule has 2 rings (SSSR count). The molecule has 0 spiro atoms. The van der Waals surface area contributed by atoms with Crippen molar-refractivity contribution in [2.75, 3.05) is 0 Å². The van der Waals surface area contributed by atoms with Crippen molar-refractivity contribution in [3.8, 4) is 0 Å². The van der Waals surface area contributed by atoms with E-state index in [1.54, 1.807) is 24.3 Å². The minimum Gasteiger partial charge on any atom is -0.223 e. The zero-order chi connectivity index (χ0) is 14.0. The molecule has 0 fully saturated rings. The third-order valence-electron chi connectivity index (χ3n) is 3.87. The van der Waals surface area contributed by atoms with E-state index in [2.05, 4.69) is 6.58 Å². The van der Waals surface area contributed by atoms with Gasteiger partial charge in [0.1, 0.15) is 0 Å². The van der Waals surface area contributed by atoms with Crippen molar-refractivity contribution in [2.45, 2.75) is 36.8 Å². The molecule has 1 aromatic rings. The van der Waals surface area contributed by atoms with Crippen molar-refractivity contribution in [1.82, 2.24) is 0 Å². The first kappa shape index (κ1) is 14.1. The van der Waals surface area contributed by atoms with Crippen molar-refractivity contribution < 1.29 is 8.42 Å². The van der Waals surface area contributed by atoms with Gasteiger partial charge in [-0.1, -0.05) is 42.0 Å². The molecule has 0 radical (unpaired) electrons. The van der Waals surface area contributed by atoms with Gasteiger partial charge in [-0.25, -0.2) is 8.42 Å². The molecule has 102 valence electrons. The summed E-state index contributed by atoms with van der Waals surface area (Å²) in [6, 6.07) is 8.72. The second-order valence-corrected chi connectivity index (χ2v) is 7.44. The van der Waals surface area contributed by atoms with Crippen LogP contribution in [-0.4, -0.2) is 13.7 Å². The smallest absolute Gasteiger partial charge is 0.185 e. The molecule has 2 atom stereocenters. The van der Waals surface area contributed by atoms with E-state index in [0.29, 0.717) is 11.3 Å². The van der Waals surface area contributed by atoms with Gasteiger partial charge < -0.3 is 0 Å². The molecule has 1 aliphatic carbocycles. The highest BCUT2D eigenvalue weighted by Gasteiger charge is 2.33. The Hall–Kier alpha value is -1.35. The molecule has 0 saturated heterocycles. The summed E-state index contributed by atoms with van der Waals surface area (Å²) in [7, 11) is -3.29. The number of sulfone groups is 1. The summed E-state index contributed by atoms with van der Waals surface area (Å²) in [5.74, 6) is 0.271. The lowest BCUT2D eigenvalue weighted by Crippen LogP contribution is -2.28. The van der Waals surface area contributed by atoms with Crippen molar-refractivity contribution in [1.29, 1.82) is 0 Å². The monoisotopic (exact) mass is 276 g/mol. The second kappa shape index (κ2) is 5.33. The summed E-state index contributed by atoms with van der Waals surface area (Å²) in [6.45, 7) is 7.86. The molecule has 0 bridgehead atoms. The molecule has 0 heterocycles. The fraction of sp³-hybridized carbons (Fsp3) is 0.375. The third-order valence-corrected chi connectivity index (χ3v) is 6.12. The summed E-state index contributed by atoms with van der Waals surface area (Å²) in [6.07, 6.45) is 3.60. The maximum Gasteiger partial charge on any atom is 0.185 e. The van der Waals surface area contributed by atoms with Crippen LogP contribution in [-0.2, 0) is 9.84 Å². The zero-order valence-corrected chi connectivity index (χ0v) is 12.3. The first-order valence-corrected chi connectivity index (χ1v) is 8.08. The second-order valence-electron chi connectivity index (χ2n) is 5.31. The molecular formula is C16H20O2S. The Balaban J connectivity index is 2.38. The van der Waals surface area contributed by atoms with Gasteiger partial charge in [0.2, 0.25) is 0 Å². The Labute approximate surface area is 115 Å². The van der Waals surface area contributed by atoms with E-state index < -0.39 is 15.1 Å². The van der Waals surface area contributed by atoms with Gasteiger partial charge in [0, 0.05) is 0 Å². The molecule has 19 heavy (non-hydrogen) atoms. The van der Waals surface area contributed by atoms with Crippen LogP contribution in [0.15, 0.2) is 59.0 Å². The molecule has 2 nitrogen and oxygen atoms in total. The lowest BCUT2D eigenvalue weighted by Gasteiger charge is -2.28. The molecule has 0 saturated carbocycles. The largest absolute Gasteiger partial charge is 0.223 e. The minimum absolute atomic E-state index is 0.271. The fourth-order valence-electron chi connectivity index (χ4n) is 2.55. The fourth-order valence-corrected chi connectivity index (χ4v) is 4.48. The highest BCUT2D eigenvalue weighted by Crippen LogP contribution is 2.34. The van der Waals surface area contributed by atoms with Gasteiger partial charge in [0.05, 0.1) is 10.1 Å². The normalized spacial score (nSPS) is 23.8. The van der Waals surface area contributed by atoms with Crippen LogP contribution < -0.4 is 0 Å². The van der Waals surface area contributed by atoms with Crippen LogP contribution in [0.1, 0.15) is 26.7 Å². The molecule has 3 heteroatoms. The highest BCUT2D eigenvalue weighted by molar-refractivity contribution is 7.92. The summed E-state index contributed by atoms with van der Waals surface area (Å²) < 4.78 is 25.4. The van der Waals surface area contributed by atoms with E-state index in [0.717, 1.165) is 17.6 Å². The predicted molar refractivity (Wildman–Crippen MR) is 78.7 cm³/mol. The van der Waals surface area contributed by atoms with Crippen molar-refractivity contribution in [2.24, 2.45) is 5.92 Å². The standard InChI is InChI=1S/C16H20O2S/c1-12(2)14-10-9-13(3)16(11-14)19(17,18)15-7-5-4-6-8-15/h4-9,14,16H,1,10-11H2,2-3H3/t14-,16+/m1/s1. The number of hydrogen-bond acceptors (Lipinski definition) is 2. The predicted octanol–water partition coefficient (Wildman–Crippen LogP) is 3.76. The van der Waals surface area contributed by atoms with Crippen LogP contribution in [0, 0.1) is 5.92 Å². The number of allylic oxidation sites excluding steroid dienone is 2. The van der Waals surface area contributed by atoms with Gasteiger partial charge in [0.15, 0.2) is 9.84 Å². The summed E-state index contributed by atoms with van der Waals surface area (Å²) in [5.41, 5.74) is 2.03. The number of benzene rings is 1. The maximum atomic E-state index is 12.7. The first-order chi connectivity index (χ1) is 8.93. The summed E-state index contributed by atoms with van der Waals surface area (Å²) in [5, 5.41) is -0.412. The molecule has 0 N–H and O–H groups in total. The Morgan fingerprint density at radius 1 is 1.26 bits per heavy atom. The minimum atomic E-state index is -3.29. The lowest BCUT2D eigenvalue weighted by molar-refractivity contribution is 0.517. The van der Waals surface area contributed by atoms with Crippen LogP contribution in [0.25, 0.3) is 0 Å². The van der Waals surface area contributed by atoms with Crippen LogP contribution >= 0.6 is 0 Å². The van der Waals surface area contributed by atoms with Gasteiger partial charge in [-0.2, -0.15) is 0 Å².